The summed E-state index contributed by atoms with van der Waals surface area (Å²) in [6.07, 6.45) is 4.51. The summed E-state index contributed by atoms with van der Waals surface area (Å²) in [5, 5.41) is 4.12. The van der Waals surface area contributed by atoms with Gasteiger partial charge in [0, 0.05) is 6.42 Å². The van der Waals surface area contributed by atoms with Gasteiger partial charge in [0.25, 0.3) is 0 Å². The fourth-order valence-electron chi connectivity index (χ4n) is 3.56. The zero-order valence-electron chi connectivity index (χ0n) is 13.3. The number of hydrogen-bond donors (Lipinski definition) is 0. The van der Waals surface area contributed by atoms with Crippen LogP contribution in [-0.4, -0.2) is 36.6 Å². The lowest BCUT2D eigenvalue weighted by atomic mass is 9.89. The molecule has 0 aliphatic carbocycles. The lowest BCUT2D eigenvalue weighted by molar-refractivity contribution is 0.0974. The Morgan fingerprint density at radius 2 is 2.04 bits per heavy atom. The molecule has 0 amide bonds. The van der Waals surface area contributed by atoms with Crippen LogP contribution in [0.3, 0.4) is 0 Å². The molecule has 4 rings (SSSR count). The minimum atomic E-state index is 0.259. The molecular formula is C17H20N2O4. The first-order chi connectivity index (χ1) is 11.3. The number of nitrogens with zero attached hydrogens (tertiary/aromatic N) is 2. The molecule has 0 N–H and O–H groups in total. The molecule has 2 aromatic rings. The third-order valence-corrected chi connectivity index (χ3v) is 4.72. The van der Waals surface area contributed by atoms with Crippen molar-refractivity contribution < 1.29 is 18.7 Å². The van der Waals surface area contributed by atoms with Crippen LogP contribution in [0.1, 0.15) is 42.5 Å². The monoisotopic (exact) mass is 316 g/mol. The Kier molecular flexibility index (Phi) is 3.69. The molecule has 1 aromatic heterocycles. The normalized spacial score (nSPS) is 25.7. The van der Waals surface area contributed by atoms with Crippen molar-refractivity contribution in [2.24, 2.45) is 0 Å². The molecule has 0 saturated carbocycles. The molecule has 122 valence electrons. The fourth-order valence-corrected chi connectivity index (χ4v) is 3.56. The standard InChI is InChI=1S/C17H20N2O4/c1-20-14-5-3-10(7-15(14)21-2)8-16-18-17(23-19-16)12-9-11-4-6-13(12)22-11/h3,5,7,11-13H,4,6,8-9H2,1-2H3/t11-,12+,13-/m0/s1. The van der Waals surface area contributed by atoms with E-state index in [1.807, 2.05) is 18.2 Å². The van der Waals surface area contributed by atoms with Crippen LogP contribution in [0.4, 0.5) is 0 Å². The molecule has 0 spiro atoms. The second-order valence-corrected chi connectivity index (χ2v) is 6.13. The minimum Gasteiger partial charge on any atom is -0.493 e. The van der Waals surface area contributed by atoms with Gasteiger partial charge >= 0.3 is 0 Å². The third-order valence-electron chi connectivity index (χ3n) is 4.72. The molecule has 2 bridgehead atoms. The highest BCUT2D eigenvalue weighted by Crippen LogP contribution is 2.43. The minimum absolute atomic E-state index is 0.259. The first-order valence-corrected chi connectivity index (χ1v) is 7.95. The number of fused-ring (bicyclic) bond motifs is 2. The number of benzene rings is 1. The van der Waals surface area contributed by atoms with Crippen molar-refractivity contribution in [3.05, 3.63) is 35.5 Å². The van der Waals surface area contributed by atoms with Crippen molar-refractivity contribution in [1.29, 1.82) is 0 Å². The molecule has 0 radical (unpaired) electrons. The zero-order chi connectivity index (χ0) is 15.8. The lowest BCUT2D eigenvalue weighted by Crippen LogP contribution is -2.14. The van der Waals surface area contributed by atoms with Crippen molar-refractivity contribution in [3.8, 4) is 11.5 Å². The van der Waals surface area contributed by atoms with Gasteiger partial charge in [-0.2, -0.15) is 4.98 Å². The molecule has 3 heterocycles. The van der Waals surface area contributed by atoms with E-state index in [2.05, 4.69) is 10.1 Å². The van der Waals surface area contributed by atoms with Gasteiger partial charge in [-0.1, -0.05) is 11.2 Å². The summed E-state index contributed by atoms with van der Waals surface area (Å²) >= 11 is 0. The SMILES string of the molecule is COc1ccc(Cc2noc([C@@H]3C[C@@H]4CC[C@@H]3O4)n2)cc1OC. The highest BCUT2D eigenvalue weighted by Gasteiger charge is 2.44. The van der Waals surface area contributed by atoms with Crippen LogP contribution in [-0.2, 0) is 11.2 Å². The van der Waals surface area contributed by atoms with Crippen LogP contribution in [0.5, 0.6) is 11.5 Å². The van der Waals surface area contributed by atoms with Gasteiger partial charge in [-0.3, -0.25) is 0 Å². The van der Waals surface area contributed by atoms with E-state index in [1.54, 1.807) is 14.2 Å². The Hall–Kier alpha value is -2.08. The number of hydrogen-bond acceptors (Lipinski definition) is 6. The average molecular weight is 316 g/mol. The molecule has 2 fully saturated rings. The molecule has 0 unspecified atom stereocenters. The summed E-state index contributed by atoms with van der Waals surface area (Å²) < 4.78 is 21.9. The van der Waals surface area contributed by atoms with Gasteiger partial charge in [0.2, 0.25) is 5.89 Å². The summed E-state index contributed by atoms with van der Waals surface area (Å²) in [5.41, 5.74) is 1.05. The topological polar surface area (TPSA) is 66.6 Å². The van der Waals surface area contributed by atoms with E-state index in [0.29, 0.717) is 35.7 Å². The van der Waals surface area contributed by atoms with Crippen molar-refractivity contribution in [1.82, 2.24) is 10.1 Å². The van der Waals surface area contributed by atoms with Crippen LogP contribution < -0.4 is 9.47 Å². The third kappa shape index (κ3) is 2.67. The van der Waals surface area contributed by atoms with Gasteiger partial charge in [0.1, 0.15) is 0 Å². The van der Waals surface area contributed by atoms with E-state index >= 15 is 0 Å². The van der Waals surface area contributed by atoms with Crippen molar-refractivity contribution >= 4 is 0 Å². The second-order valence-electron chi connectivity index (χ2n) is 6.13. The summed E-state index contributed by atoms with van der Waals surface area (Å²) in [5.74, 6) is 3.09. The maximum Gasteiger partial charge on any atom is 0.232 e. The number of methoxy groups -OCH3 is 2. The first kappa shape index (κ1) is 14.5. The Morgan fingerprint density at radius 3 is 2.74 bits per heavy atom. The predicted octanol–water partition coefficient (Wildman–Crippen LogP) is 2.71. The average Bonchev–Trinajstić information content (AvgIpc) is 3.31. The van der Waals surface area contributed by atoms with Crippen LogP contribution in [0, 0.1) is 0 Å². The second kappa shape index (κ2) is 5.85. The highest BCUT2D eigenvalue weighted by atomic mass is 16.5. The Labute approximate surface area is 134 Å². The molecule has 6 heteroatoms. The summed E-state index contributed by atoms with van der Waals surface area (Å²) in [4.78, 5) is 4.57. The molecule has 1 aromatic carbocycles. The van der Waals surface area contributed by atoms with Crippen molar-refractivity contribution in [2.45, 2.75) is 43.8 Å². The maximum absolute atomic E-state index is 5.86. The molecule has 3 atom stereocenters. The van der Waals surface area contributed by atoms with Gasteiger partial charge in [-0.15, -0.1) is 0 Å². The van der Waals surface area contributed by atoms with Crippen LogP contribution >= 0.6 is 0 Å². The summed E-state index contributed by atoms with van der Waals surface area (Å²) in [7, 11) is 3.25. The smallest absolute Gasteiger partial charge is 0.232 e. The van der Waals surface area contributed by atoms with E-state index in [1.165, 1.54) is 0 Å². The van der Waals surface area contributed by atoms with Gasteiger partial charge < -0.3 is 18.7 Å². The van der Waals surface area contributed by atoms with Gasteiger partial charge in [0.05, 0.1) is 32.3 Å². The number of aromatic nitrogens is 2. The predicted molar refractivity (Wildman–Crippen MR) is 81.9 cm³/mol. The molecule has 2 aliphatic rings. The summed E-state index contributed by atoms with van der Waals surface area (Å²) in [6.45, 7) is 0. The van der Waals surface area contributed by atoms with E-state index in [-0.39, 0.29) is 12.0 Å². The quantitative estimate of drug-likeness (QED) is 0.845. The van der Waals surface area contributed by atoms with E-state index < -0.39 is 0 Å². The molecule has 2 saturated heterocycles. The van der Waals surface area contributed by atoms with Gasteiger partial charge in [-0.25, -0.2) is 0 Å². The van der Waals surface area contributed by atoms with E-state index in [9.17, 15) is 0 Å². The Morgan fingerprint density at radius 1 is 1.17 bits per heavy atom. The van der Waals surface area contributed by atoms with Gasteiger partial charge in [0.15, 0.2) is 17.3 Å². The molecule has 23 heavy (non-hydrogen) atoms. The lowest BCUT2D eigenvalue weighted by Gasteiger charge is -2.13. The largest absolute Gasteiger partial charge is 0.493 e. The van der Waals surface area contributed by atoms with E-state index in [4.69, 9.17) is 18.7 Å². The molecular weight excluding hydrogens is 296 g/mol. The summed E-state index contributed by atoms with van der Waals surface area (Å²) in [6, 6.07) is 5.81. The van der Waals surface area contributed by atoms with Crippen molar-refractivity contribution in [3.63, 3.8) is 0 Å². The van der Waals surface area contributed by atoms with Crippen LogP contribution in [0.25, 0.3) is 0 Å². The zero-order valence-corrected chi connectivity index (χ0v) is 13.3. The highest BCUT2D eigenvalue weighted by molar-refractivity contribution is 5.43. The fraction of sp³-hybridized carbons (Fsp3) is 0.529. The maximum atomic E-state index is 5.86. The Balaban J connectivity index is 1.49. The number of ether oxygens (including phenoxy) is 3. The van der Waals surface area contributed by atoms with Crippen molar-refractivity contribution in [2.75, 3.05) is 14.2 Å². The van der Waals surface area contributed by atoms with E-state index in [0.717, 1.165) is 24.8 Å². The molecule has 2 aliphatic heterocycles. The van der Waals surface area contributed by atoms with Gasteiger partial charge in [-0.05, 0) is 37.0 Å². The van der Waals surface area contributed by atoms with Crippen LogP contribution in [0.2, 0.25) is 0 Å². The molecule has 6 nitrogen and oxygen atoms in total. The first-order valence-electron chi connectivity index (χ1n) is 7.95. The Bertz CT molecular complexity index is 700. The van der Waals surface area contributed by atoms with Crippen LogP contribution in [0.15, 0.2) is 22.7 Å². The number of rotatable bonds is 5.